The highest BCUT2D eigenvalue weighted by molar-refractivity contribution is 7.90. The molecule has 0 unspecified atom stereocenters. The van der Waals surface area contributed by atoms with Crippen LogP contribution in [0, 0.1) is 0 Å². The first kappa shape index (κ1) is 18.2. The van der Waals surface area contributed by atoms with Gasteiger partial charge < -0.3 is 0 Å². The van der Waals surface area contributed by atoms with Crippen LogP contribution in [0.15, 0.2) is 88.8 Å². The van der Waals surface area contributed by atoms with Gasteiger partial charge in [-0.3, -0.25) is 4.79 Å². The van der Waals surface area contributed by atoms with Crippen LogP contribution in [0.2, 0.25) is 5.02 Å². The van der Waals surface area contributed by atoms with E-state index in [0.717, 1.165) is 22.3 Å². The van der Waals surface area contributed by atoms with Gasteiger partial charge in [0.2, 0.25) is 0 Å². The van der Waals surface area contributed by atoms with Gasteiger partial charge in [-0.1, -0.05) is 48.0 Å². The van der Waals surface area contributed by atoms with Gasteiger partial charge >= 0.3 is 5.69 Å². The van der Waals surface area contributed by atoms with Crippen LogP contribution in [0.4, 0.5) is 0 Å². The molecule has 3 aromatic carbocycles. The Labute approximate surface area is 165 Å². The van der Waals surface area contributed by atoms with Gasteiger partial charge in [0.1, 0.15) is 0 Å². The van der Waals surface area contributed by atoms with Gasteiger partial charge in [-0.2, -0.15) is 3.97 Å². The molecule has 28 heavy (non-hydrogen) atoms. The maximum atomic E-state index is 12.9. The Kier molecular flexibility index (Phi) is 4.41. The van der Waals surface area contributed by atoms with Crippen molar-refractivity contribution >= 4 is 38.3 Å². The van der Waals surface area contributed by atoms with Gasteiger partial charge in [0.15, 0.2) is 0 Å². The molecule has 1 heterocycles. The Balaban J connectivity index is 1.81. The number of fused-ring (bicyclic) bond motifs is 1. The Bertz CT molecular complexity index is 1360. The fourth-order valence-electron chi connectivity index (χ4n) is 2.96. The number of halogens is 1. The summed E-state index contributed by atoms with van der Waals surface area (Å²) in [4.78, 5) is 25.5. The summed E-state index contributed by atoms with van der Waals surface area (Å²) in [5.41, 5.74) is -0.658. The van der Waals surface area contributed by atoms with Crippen LogP contribution >= 0.6 is 11.6 Å². The molecule has 8 heteroatoms. The van der Waals surface area contributed by atoms with Crippen molar-refractivity contribution in [2.24, 2.45) is 0 Å². The zero-order valence-corrected chi connectivity index (χ0v) is 15.9. The summed E-state index contributed by atoms with van der Waals surface area (Å²) in [6.07, 6.45) is 2.22. The standard InChI is InChI=1S/C20H13ClN2O4S/c21-15-8-10-16(11-9-15)28(26,27)23-13-12-22(20(23)25)19(24)18-7-3-5-14-4-1-2-6-17(14)18/h1-13H. The number of imidazole rings is 1. The van der Waals surface area contributed by atoms with Crippen LogP contribution in [0.25, 0.3) is 10.8 Å². The van der Waals surface area contributed by atoms with Crippen LogP contribution in [0.3, 0.4) is 0 Å². The van der Waals surface area contributed by atoms with Crippen molar-refractivity contribution in [2.75, 3.05) is 0 Å². The molecular weight excluding hydrogens is 400 g/mol. The van der Waals surface area contributed by atoms with Gasteiger partial charge in [-0.25, -0.2) is 17.8 Å². The third-order valence-electron chi connectivity index (χ3n) is 4.36. The molecule has 0 amide bonds. The molecule has 0 N–H and O–H groups in total. The number of carbonyl (C=O) groups is 1. The maximum absolute atomic E-state index is 12.9. The van der Waals surface area contributed by atoms with Crippen LogP contribution in [-0.4, -0.2) is 22.9 Å². The second-order valence-corrected chi connectivity index (χ2v) is 8.29. The average molecular weight is 413 g/mol. The van der Waals surface area contributed by atoms with E-state index >= 15 is 0 Å². The summed E-state index contributed by atoms with van der Waals surface area (Å²) in [7, 11) is -4.15. The number of benzene rings is 3. The Morgan fingerprint density at radius 3 is 2.29 bits per heavy atom. The molecule has 0 aliphatic rings. The number of aromatic nitrogens is 2. The Morgan fingerprint density at radius 2 is 1.54 bits per heavy atom. The molecule has 4 rings (SSSR count). The predicted octanol–water partition coefficient (Wildman–Crippen LogP) is 3.38. The van der Waals surface area contributed by atoms with E-state index in [9.17, 15) is 18.0 Å². The van der Waals surface area contributed by atoms with Gasteiger partial charge in [0, 0.05) is 23.0 Å². The summed E-state index contributed by atoms with van der Waals surface area (Å²) in [5.74, 6) is -0.605. The zero-order valence-electron chi connectivity index (χ0n) is 14.3. The van der Waals surface area contributed by atoms with Crippen molar-refractivity contribution in [2.45, 2.75) is 4.90 Å². The monoisotopic (exact) mass is 412 g/mol. The summed E-state index contributed by atoms with van der Waals surface area (Å²) in [6, 6.07) is 17.8. The molecular formula is C20H13ClN2O4S. The number of nitrogens with zero attached hydrogens (tertiary/aromatic N) is 2. The zero-order chi connectivity index (χ0) is 19.9. The minimum atomic E-state index is -4.15. The summed E-state index contributed by atoms with van der Waals surface area (Å²) in [6.45, 7) is 0. The van der Waals surface area contributed by atoms with Crippen LogP contribution in [0.1, 0.15) is 10.4 Å². The summed E-state index contributed by atoms with van der Waals surface area (Å²) in [5, 5.41) is 1.89. The largest absolute Gasteiger partial charge is 0.349 e. The SMILES string of the molecule is O=C(c1cccc2ccccc12)n1ccn(S(=O)(=O)c2ccc(Cl)cc2)c1=O. The molecule has 0 saturated heterocycles. The molecule has 140 valence electrons. The third kappa shape index (κ3) is 2.94. The van der Waals surface area contributed by atoms with E-state index in [4.69, 9.17) is 11.6 Å². The number of hydrogen-bond acceptors (Lipinski definition) is 4. The lowest BCUT2D eigenvalue weighted by atomic mass is 10.0. The van der Waals surface area contributed by atoms with E-state index in [1.54, 1.807) is 24.3 Å². The third-order valence-corrected chi connectivity index (χ3v) is 6.27. The molecule has 0 fully saturated rings. The average Bonchev–Trinajstić information content (AvgIpc) is 3.09. The Morgan fingerprint density at radius 1 is 0.857 bits per heavy atom. The van der Waals surface area contributed by atoms with E-state index < -0.39 is 21.6 Å². The molecule has 0 spiro atoms. The van der Waals surface area contributed by atoms with E-state index in [1.165, 1.54) is 24.3 Å². The second-order valence-electron chi connectivity index (χ2n) is 6.04. The minimum Gasteiger partial charge on any atom is -0.268 e. The summed E-state index contributed by atoms with van der Waals surface area (Å²) < 4.78 is 26.8. The fourth-order valence-corrected chi connectivity index (χ4v) is 4.30. The molecule has 4 aromatic rings. The molecule has 0 radical (unpaired) electrons. The van der Waals surface area contributed by atoms with Gasteiger partial charge in [-0.05, 0) is 41.1 Å². The lowest BCUT2D eigenvalue weighted by Crippen LogP contribution is -2.32. The van der Waals surface area contributed by atoms with Crippen LogP contribution in [0.5, 0.6) is 0 Å². The first-order valence-corrected chi connectivity index (χ1v) is 10.0. The van der Waals surface area contributed by atoms with Gasteiger partial charge in [0.05, 0.1) is 4.90 Å². The van der Waals surface area contributed by atoms with Crippen molar-refractivity contribution in [3.8, 4) is 0 Å². The van der Waals surface area contributed by atoms with Crippen LogP contribution < -0.4 is 5.69 Å². The number of hydrogen-bond donors (Lipinski definition) is 0. The van der Waals surface area contributed by atoms with Crippen molar-refractivity contribution < 1.29 is 13.2 Å². The highest BCUT2D eigenvalue weighted by Crippen LogP contribution is 2.20. The van der Waals surface area contributed by atoms with Crippen LogP contribution in [-0.2, 0) is 10.0 Å². The van der Waals surface area contributed by atoms with Crippen molar-refractivity contribution in [1.82, 2.24) is 8.54 Å². The first-order valence-electron chi connectivity index (χ1n) is 8.23. The molecule has 0 aliphatic carbocycles. The molecule has 0 aliphatic heterocycles. The van der Waals surface area contributed by atoms with E-state index in [1.807, 2.05) is 18.2 Å². The van der Waals surface area contributed by atoms with Gasteiger partial charge in [-0.15, -0.1) is 0 Å². The maximum Gasteiger partial charge on any atom is 0.349 e. The molecule has 6 nitrogen and oxygen atoms in total. The lowest BCUT2D eigenvalue weighted by molar-refractivity contribution is 0.0957. The van der Waals surface area contributed by atoms with E-state index in [-0.39, 0.29) is 4.90 Å². The lowest BCUT2D eigenvalue weighted by Gasteiger charge is -2.06. The first-order chi connectivity index (χ1) is 13.4. The highest BCUT2D eigenvalue weighted by atomic mass is 35.5. The quantitative estimate of drug-likeness (QED) is 0.516. The van der Waals surface area contributed by atoms with E-state index in [0.29, 0.717) is 19.9 Å². The van der Waals surface area contributed by atoms with Gasteiger partial charge in [0.25, 0.3) is 15.9 Å². The Hall–Kier alpha value is -3.16. The summed E-state index contributed by atoms with van der Waals surface area (Å²) >= 11 is 5.79. The van der Waals surface area contributed by atoms with Crippen molar-refractivity contribution in [3.05, 3.63) is 100 Å². The fraction of sp³-hybridized carbons (Fsp3) is 0. The molecule has 0 bridgehead atoms. The smallest absolute Gasteiger partial charge is 0.268 e. The molecule has 1 aromatic heterocycles. The number of carbonyl (C=O) groups excluding carboxylic acids is 1. The minimum absolute atomic E-state index is 0.102. The van der Waals surface area contributed by atoms with Crippen molar-refractivity contribution in [3.63, 3.8) is 0 Å². The predicted molar refractivity (Wildman–Crippen MR) is 106 cm³/mol. The highest BCUT2D eigenvalue weighted by Gasteiger charge is 2.23. The topological polar surface area (TPSA) is 78.1 Å². The second kappa shape index (κ2) is 6.78. The number of rotatable bonds is 3. The van der Waals surface area contributed by atoms with E-state index in [2.05, 4.69) is 0 Å². The van der Waals surface area contributed by atoms with Crippen molar-refractivity contribution in [1.29, 1.82) is 0 Å². The molecule has 0 atom stereocenters. The normalized spacial score (nSPS) is 11.6. The molecule has 0 saturated carbocycles.